The Morgan fingerprint density at radius 2 is 2.20 bits per heavy atom. The van der Waals surface area contributed by atoms with Crippen molar-refractivity contribution in [3.63, 3.8) is 0 Å². The number of halogens is 1. The minimum atomic E-state index is -0.312. The number of cyclic esters (lactones) is 1. The average Bonchev–Trinajstić information content (AvgIpc) is 2.62. The van der Waals surface area contributed by atoms with E-state index in [1.807, 2.05) is 24.3 Å². The second-order valence-electron chi connectivity index (χ2n) is 3.04. The van der Waals surface area contributed by atoms with Gasteiger partial charge in [-0.05, 0) is 18.2 Å². The molecule has 2 N–H and O–H groups in total. The summed E-state index contributed by atoms with van der Waals surface area (Å²) >= 11 is 3.36. The molecule has 0 bridgehead atoms. The van der Waals surface area contributed by atoms with Crippen molar-refractivity contribution in [3.05, 3.63) is 40.5 Å². The normalized spacial score (nSPS) is 14.5. The topological polar surface area (TPSA) is 50.4 Å². The fraction of sp³-hybridized carbons (Fsp3) is 0.100. The smallest absolute Gasteiger partial charge is 0.333 e. The second kappa shape index (κ2) is 4.35. The van der Waals surface area contributed by atoms with Crippen molar-refractivity contribution >= 4 is 27.6 Å². The van der Waals surface area contributed by atoms with Crippen LogP contribution in [0.2, 0.25) is 0 Å². The van der Waals surface area contributed by atoms with Gasteiger partial charge >= 0.3 is 5.97 Å². The van der Waals surface area contributed by atoms with Gasteiger partial charge in [0.05, 0.1) is 11.4 Å². The zero-order valence-corrected chi connectivity index (χ0v) is 9.37. The molecule has 0 radical (unpaired) electrons. The lowest BCUT2D eigenvalue weighted by Crippen LogP contribution is -2.21. The SMILES string of the molecule is O=C1C=C(NNc2cccc(Br)c2)CO1. The van der Waals surface area contributed by atoms with Gasteiger partial charge in [-0.3, -0.25) is 0 Å². The Morgan fingerprint density at radius 1 is 1.33 bits per heavy atom. The molecule has 0 saturated heterocycles. The number of rotatable bonds is 3. The minimum Gasteiger partial charge on any atom is -0.456 e. The highest BCUT2D eigenvalue weighted by molar-refractivity contribution is 9.10. The third kappa shape index (κ3) is 2.73. The van der Waals surface area contributed by atoms with Crippen LogP contribution in [-0.4, -0.2) is 12.6 Å². The Kier molecular flexibility index (Phi) is 2.91. The molecule has 2 rings (SSSR count). The highest BCUT2D eigenvalue weighted by Crippen LogP contribution is 2.15. The number of ether oxygens (including phenoxy) is 1. The number of hydrogen-bond acceptors (Lipinski definition) is 4. The van der Waals surface area contributed by atoms with Crippen LogP contribution in [0.5, 0.6) is 0 Å². The molecule has 0 spiro atoms. The highest BCUT2D eigenvalue weighted by atomic mass is 79.9. The van der Waals surface area contributed by atoms with Crippen molar-refractivity contribution in [2.45, 2.75) is 0 Å². The summed E-state index contributed by atoms with van der Waals surface area (Å²) in [5, 5.41) is 0. The molecule has 0 atom stereocenters. The van der Waals surface area contributed by atoms with E-state index in [-0.39, 0.29) is 5.97 Å². The van der Waals surface area contributed by atoms with Gasteiger partial charge in [0.25, 0.3) is 0 Å². The van der Waals surface area contributed by atoms with Crippen LogP contribution in [0.4, 0.5) is 5.69 Å². The lowest BCUT2D eigenvalue weighted by Gasteiger charge is -2.09. The van der Waals surface area contributed by atoms with E-state index in [1.54, 1.807) is 0 Å². The molecule has 0 saturated carbocycles. The van der Waals surface area contributed by atoms with Crippen LogP contribution in [0, 0.1) is 0 Å². The maximum absolute atomic E-state index is 10.7. The monoisotopic (exact) mass is 268 g/mol. The maximum atomic E-state index is 10.7. The molecular formula is C10H9BrN2O2. The lowest BCUT2D eigenvalue weighted by molar-refractivity contribution is -0.134. The number of benzene rings is 1. The van der Waals surface area contributed by atoms with Crippen LogP contribution in [0.25, 0.3) is 0 Å². The zero-order chi connectivity index (χ0) is 10.7. The predicted molar refractivity (Wildman–Crippen MR) is 59.9 cm³/mol. The summed E-state index contributed by atoms with van der Waals surface area (Å²) in [6.07, 6.45) is 1.42. The summed E-state index contributed by atoms with van der Waals surface area (Å²) in [6.45, 7) is 0.292. The Bertz CT molecular complexity index is 418. The first-order chi connectivity index (χ1) is 7.24. The number of carbonyl (C=O) groups is 1. The van der Waals surface area contributed by atoms with E-state index in [0.29, 0.717) is 6.61 Å². The van der Waals surface area contributed by atoms with E-state index in [2.05, 4.69) is 26.8 Å². The van der Waals surface area contributed by atoms with Crippen LogP contribution in [0.1, 0.15) is 0 Å². The predicted octanol–water partition coefficient (Wildman–Crippen LogP) is 1.81. The number of esters is 1. The Hall–Kier alpha value is -1.49. The van der Waals surface area contributed by atoms with Crippen molar-refractivity contribution in [1.82, 2.24) is 5.43 Å². The summed E-state index contributed by atoms with van der Waals surface area (Å²) in [5.41, 5.74) is 7.50. The third-order valence-electron chi connectivity index (χ3n) is 1.85. The number of anilines is 1. The number of carbonyl (C=O) groups excluding carboxylic acids is 1. The average molecular weight is 269 g/mol. The van der Waals surface area contributed by atoms with Crippen molar-refractivity contribution in [3.8, 4) is 0 Å². The molecule has 1 aromatic carbocycles. The fourth-order valence-corrected chi connectivity index (χ4v) is 1.56. The maximum Gasteiger partial charge on any atom is 0.333 e. The van der Waals surface area contributed by atoms with Gasteiger partial charge in [-0.2, -0.15) is 0 Å². The molecular weight excluding hydrogens is 260 g/mol. The van der Waals surface area contributed by atoms with Crippen molar-refractivity contribution in [2.24, 2.45) is 0 Å². The molecule has 15 heavy (non-hydrogen) atoms. The lowest BCUT2D eigenvalue weighted by atomic mass is 10.3. The van der Waals surface area contributed by atoms with Gasteiger partial charge in [-0.25, -0.2) is 4.79 Å². The number of hydrogen-bond donors (Lipinski definition) is 2. The first-order valence-corrected chi connectivity index (χ1v) is 5.18. The first kappa shape index (κ1) is 10.0. The van der Waals surface area contributed by atoms with Crippen LogP contribution >= 0.6 is 15.9 Å². The van der Waals surface area contributed by atoms with Crippen molar-refractivity contribution in [1.29, 1.82) is 0 Å². The molecule has 1 aromatic rings. The van der Waals surface area contributed by atoms with E-state index in [0.717, 1.165) is 15.9 Å². The molecule has 0 aliphatic carbocycles. The van der Waals surface area contributed by atoms with Gasteiger partial charge in [-0.15, -0.1) is 0 Å². The zero-order valence-electron chi connectivity index (χ0n) is 7.79. The molecule has 1 aliphatic rings. The molecule has 0 unspecified atom stereocenters. The third-order valence-corrected chi connectivity index (χ3v) is 2.35. The first-order valence-electron chi connectivity index (χ1n) is 4.39. The molecule has 0 amide bonds. The summed E-state index contributed by atoms with van der Waals surface area (Å²) in [4.78, 5) is 10.7. The Balaban J connectivity index is 1.93. The molecule has 78 valence electrons. The highest BCUT2D eigenvalue weighted by Gasteiger charge is 2.11. The summed E-state index contributed by atoms with van der Waals surface area (Å²) < 4.78 is 5.72. The Labute approximate surface area is 95.4 Å². The Morgan fingerprint density at radius 3 is 2.87 bits per heavy atom. The quantitative estimate of drug-likeness (QED) is 0.649. The van der Waals surface area contributed by atoms with Gasteiger partial charge in [0.1, 0.15) is 6.61 Å². The largest absolute Gasteiger partial charge is 0.456 e. The van der Waals surface area contributed by atoms with E-state index >= 15 is 0 Å². The molecule has 0 aromatic heterocycles. The number of nitrogens with one attached hydrogen (secondary N) is 2. The summed E-state index contributed by atoms with van der Waals surface area (Å²) in [5.74, 6) is -0.312. The van der Waals surface area contributed by atoms with Gasteiger partial charge in [0.2, 0.25) is 0 Å². The van der Waals surface area contributed by atoms with Gasteiger partial charge < -0.3 is 15.6 Å². The van der Waals surface area contributed by atoms with Crippen LogP contribution in [-0.2, 0) is 9.53 Å². The molecule has 1 heterocycles. The molecule has 4 nitrogen and oxygen atoms in total. The standard InChI is InChI=1S/C10H9BrN2O2/c11-7-2-1-3-8(4-7)12-13-9-5-10(14)15-6-9/h1-5,12-13H,6H2. The molecule has 1 aliphatic heterocycles. The molecule has 5 heteroatoms. The van der Waals surface area contributed by atoms with Crippen LogP contribution < -0.4 is 10.9 Å². The number of hydrazine groups is 1. The van der Waals surface area contributed by atoms with E-state index in [9.17, 15) is 4.79 Å². The van der Waals surface area contributed by atoms with E-state index in [1.165, 1.54) is 6.08 Å². The summed E-state index contributed by atoms with van der Waals surface area (Å²) in [6, 6.07) is 7.69. The van der Waals surface area contributed by atoms with Crippen LogP contribution in [0.3, 0.4) is 0 Å². The molecule has 0 fully saturated rings. The van der Waals surface area contributed by atoms with E-state index in [4.69, 9.17) is 4.74 Å². The van der Waals surface area contributed by atoms with Gasteiger partial charge in [0, 0.05) is 10.5 Å². The van der Waals surface area contributed by atoms with Crippen LogP contribution in [0.15, 0.2) is 40.5 Å². The fourth-order valence-electron chi connectivity index (χ4n) is 1.17. The summed E-state index contributed by atoms with van der Waals surface area (Å²) in [7, 11) is 0. The van der Waals surface area contributed by atoms with Gasteiger partial charge in [0.15, 0.2) is 0 Å². The minimum absolute atomic E-state index is 0.292. The van der Waals surface area contributed by atoms with Crippen molar-refractivity contribution < 1.29 is 9.53 Å². The van der Waals surface area contributed by atoms with Gasteiger partial charge in [-0.1, -0.05) is 22.0 Å². The van der Waals surface area contributed by atoms with Crippen molar-refractivity contribution in [2.75, 3.05) is 12.0 Å². The second-order valence-corrected chi connectivity index (χ2v) is 3.95. The van der Waals surface area contributed by atoms with E-state index < -0.39 is 0 Å².